The second kappa shape index (κ2) is 10.4. The fraction of sp³-hybridized carbons (Fsp3) is 0.556. The van der Waals surface area contributed by atoms with Crippen molar-refractivity contribution in [2.24, 2.45) is 4.99 Å². The highest BCUT2D eigenvalue weighted by Gasteiger charge is 2.44. The Morgan fingerprint density at radius 2 is 2.04 bits per heavy atom. The van der Waals surface area contributed by atoms with E-state index in [0.29, 0.717) is 5.96 Å². The molecule has 0 saturated heterocycles. The fourth-order valence-corrected chi connectivity index (χ4v) is 2.89. The van der Waals surface area contributed by atoms with Crippen molar-refractivity contribution in [2.75, 3.05) is 33.7 Å². The molecule has 0 aromatic heterocycles. The monoisotopic (exact) mass is 522 g/mol. The largest absolute Gasteiger partial charge is 0.356 e. The van der Waals surface area contributed by atoms with Crippen molar-refractivity contribution in [3.63, 3.8) is 0 Å². The summed E-state index contributed by atoms with van der Waals surface area (Å²) in [7, 11) is 3.49. The Labute approximate surface area is 176 Å². The number of aliphatic imine (C=N–C) groups is 1. The Morgan fingerprint density at radius 1 is 1.32 bits per heavy atom. The molecular weight excluding hydrogens is 495 g/mol. The van der Waals surface area contributed by atoms with Gasteiger partial charge in [-0.15, -0.1) is 24.0 Å². The van der Waals surface area contributed by atoms with E-state index < -0.39 is 0 Å². The predicted octanol–water partition coefficient (Wildman–Crippen LogP) is 3.13. The summed E-state index contributed by atoms with van der Waals surface area (Å²) in [6.07, 6.45) is 3.36. The van der Waals surface area contributed by atoms with Gasteiger partial charge in [0.25, 0.3) is 0 Å². The first-order valence-electron chi connectivity index (χ1n) is 8.45. The number of likely N-dealkylation sites (N-methyl/N-ethyl adjacent to an activating group) is 1. The summed E-state index contributed by atoms with van der Waals surface area (Å²) in [4.78, 5) is 17.7. The normalized spacial score (nSPS) is 15.1. The highest BCUT2D eigenvalue weighted by atomic mass is 127. The summed E-state index contributed by atoms with van der Waals surface area (Å²) in [6, 6.07) is 8.51. The van der Waals surface area contributed by atoms with Gasteiger partial charge in [0.15, 0.2) is 5.96 Å². The summed E-state index contributed by atoms with van der Waals surface area (Å²) in [6.45, 7) is 3.94. The van der Waals surface area contributed by atoms with Crippen LogP contribution < -0.4 is 10.6 Å². The van der Waals surface area contributed by atoms with Crippen LogP contribution in [0.5, 0.6) is 0 Å². The first kappa shape index (κ1) is 22.2. The van der Waals surface area contributed by atoms with E-state index >= 15 is 0 Å². The van der Waals surface area contributed by atoms with Crippen molar-refractivity contribution in [3.05, 3.63) is 34.3 Å². The highest BCUT2D eigenvalue weighted by Crippen LogP contribution is 2.48. The molecule has 1 aromatic carbocycles. The van der Waals surface area contributed by atoms with Crippen molar-refractivity contribution in [2.45, 2.75) is 31.6 Å². The summed E-state index contributed by atoms with van der Waals surface area (Å²) in [5.74, 6) is 0.717. The standard InChI is InChI=1S/C18H27BrN4O.HI/c1-4-10-20-17(21-12-16(24)23(2)3)22-13-18(8-9-18)14-6-5-7-15(19)11-14;/h5-7,11H,4,8-10,12-13H2,1-3H3,(H2,20,21,22);1H. The number of guanidine groups is 1. The number of benzene rings is 1. The molecule has 2 rings (SSSR count). The maximum Gasteiger partial charge on any atom is 0.243 e. The third-order valence-corrected chi connectivity index (χ3v) is 4.79. The van der Waals surface area contributed by atoms with Crippen molar-refractivity contribution in [1.82, 2.24) is 15.5 Å². The molecule has 1 saturated carbocycles. The smallest absolute Gasteiger partial charge is 0.243 e. The lowest BCUT2D eigenvalue weighted by Gasteiger charge is -2.19. The topological polar surface area (TPSA) is 56.7 Å². The van der Waals surface area contributed by atoms with Gasteiger partial charge in [0.2, 0.25) is 5.91 Å². The zero-order valence-electron chi connectivity index (χ0n) is 15.1. The number of carbonyl (C=O) groups is 1. The lowest BCUT2D eigenvalue weighted by molar-refractivity contribution is -0.127. The minimum absolute atomic E-state index is 0. The van der Waals surface area contributed by atoms with E-state index in [1.165, 1.54) is 18.4 Å². The van der Waals surface area contributed by atoms with Gasteiger partial charge in [-0.25, -0.2) is 4.99 Å². The maximum atomic E-state index is 11.8. The van der Waals surface area contributed by atoms with Crippen LogP contribution in [0.4, 0.5) is 0 Å². The Kier molecular flexibility index (Phi) is 9.20. The van der Waals surface area contributed by atoms with Crippen LogP contribution >= 0.6 is 39.9 Å². The maximum absolute atomic E-state index is 11.8. The number of carbonyl (C=O) groups excluding carboxylic acids is 1. The van der Waals surface area contributed by atoms with Crippen molar-refractivity contribution < 1.29 is 4.79 Å². The number of nitrogens with one attached hydrogen (secondary N) is 2. The van der Waals surface area contributed by atoms with E-state index in [0.717, 1.165) is 24.0 Å². The summed E-state index contributed by atoms with van der Waals surface area (Å²) >= 11 is 3.55. The molecule has 1 aromatic rings. The minimum atomic E-state index is 0. The minimum Gasteiger partial charge on any atom is -0.356 e. The molecule has 0 spiro atoms. The summed E-state index contributed by atoms with van der Waals surface area (Å²) < 4.78 is 1.11. The van der Waals surface area contributed by atoms with Gasteiger partial charge in [-0.2, -0.15) is 0 Å². The third kappa shape index (κ3) is 6.77. The third-order valence-electron chi connectivity index (χ3n) is 4.30. The van der Waals surface area contributed by atoms with Crippen LogP contribution in [0.3, 0.4) is 0 Å². The molecular formula is C18H28BrIN4O. The summed E-state index contributed by atoms with van der Waals surface area (Å²) in [5, 5.41) is 6.71. The zero-order chi connectivity index (χ0) is 17.6. The molecule has 0 heterocycles. The highest BCUT2D eigenvalue weighted by molar-refractivity contribution is 14.0. The number of nitrogens with zero attached hydrogens (tertiary/aromatic N) is 2. The van der Waals surface area contributed by atoms with Gasteiger partial charge in [0.1, 0.15) is 6.54 Å². The predicted molar refractivity (Wildman–Crippen MR) is 118 cm³/mol. The fourth-order valence-electron chi connectivity index (χ4n) is 2.50. The van der Waals surface area contributed by atoms with Gasteiger partial charge in [0.05, 0.1) is 0 Å². The van der Waals surface area contributed by atoms with Crippen molar-refractivity contribution in [3.8, 4) is 0 Å². The number of hydrogen-bond donors (Lipinski definition) is 2. The molecule has 1 amide bonds. The van der Waals surface area contributed by atoms with Crippen molar-refractivity contribution in [1.29, 1.82) is 0 Å². The van der Waals surface area contributed by atoms with Crippen LogP contribution in [0, 0.1) is 0 Å². The van der Waals surface area contributed by atoms with E-state index in [1.807, 2.05) is 0 Å². The van der Waals surface area contributed by atoms with E-state index in [4.69, 9.17) is 0 Å². The van der Waals surface area contributed by atoms with Gasteiger partial charge < -0.3 is 15.5 Å². The molecule has 7 heteroatoms. The lowest BCUT2D eigenvalue weighted by atomic mass is 9.96. The van der Waals surface area contributed by atoms with E-state index in [9.17, 15) is 4.79 Å². The van der Waals surface area contributed by atoms with Crippen LogP contribution in [0.25, 0.3) is 0 Å². The molecule has 0 atom stereocenters. The Balaban J connectivity index is 0.00000312. The SMILES string of the molecule is CCCNC(=NCC(=O)N(C)C)NCC1(c2cccc(Br)c2)CC1.I. The van der Waals surface area contributed by atoms with Gasteiger partial charge >= 0.3 is 0 Å². The molecule has 1 fully saturated rings. The first-order valence-corrected chi connectivity index (χ1v) is 9.24. The molecule has 2 N–H and O–H groups in total. The Hall–Kier alpha value is -0.830. The van der Waals surface area contributed by atoms with E-state index in [-0.39, 0.29) is 41.8 Å². The van der Waals surface area contributed by atoms with Gasteiger partial charge in [-0.3, -0.25) is 4.79 Å². The van der Waals surface area contributed by atoms with Crippen LogP contribution in [-0.4, -0.2) is 50.5 Å². The molecule has 1 aliphatic rings. The van der Waals surface area contributed by atoms with Crippen LogP contribution in [0.1, 0.15) is 31.7 Å². The van der Waals surface area contributed by atoms with Crippen LogP contribution in [-0.2, 0) is 10.2 Å². The van der Waals surface area contributed by atoms with E-state index in [2.05, 4.69) is 62.7 Å². The number of hydrogen-bond acceptors (Lipinski definition) is 2. The Morgan fingerprint density at radius 3 is 2.60 bits per heavy atom. The zero-order valence-corrected chi connectivity index (χ0v) is 19.1. The summed E-state index contributed by atoms with van der Waals surface area (Å²) in [5.41, 5.74) is 1.54. The van der Waals surface area contributed by atoms with Gasteiger partial charge in [-0.1, -0.05) is 35.0 Å². The Bertz CT molecular complexity index is 602. The molecule has 0 radical (unpaired) electrons. The van der Waals surface area contributed by atoms with E-state index in [1.54, 1.807) is 19.0 Å². The molecule has 0 unspecified atom stereocenters. The van der Waals surface area contributed by atoms with Crippen molar-refractivity contribution >= 4 is 51.8 Å². The van der Waals surface area contributed by atoms with Gasteiger partial charge in [0, 0.05) is 37.1 Å². The number of rotatable bonds is 7. The average Bonchev–Trinajstić information content (AvgIpc) is 3.35. The molecule has 0 bridgehead atoms. The molecule has 140 valence electrons. The number of amides is 1. The van der Waals surface area contributed by atoms with Crippen LogP contribution in [0.15, 0.2) is 33.7 Å². The molecule has 5 nitrogen and oxygen atoms in total. The van der Waals surface area contributed by atoms with Crippen LogP contribution in [0.2, 0.25) is 0 Å². The molecule has 25 heavy (non-hydrogen) atoms. The molecule has 0 aliphatic heterocycles. The first-order chi connectivity index (χ1) is 11.5. The molecule has 1 aliphatic carbocycles. The lowest BCUT2D eigenvalue weighted by Crippen LogP contribution is -2.42. The average molecular weight is 523 g/mol. The number of halogens is 2. The second-order valence-electron chi connectivity index (χ2n) is 6.52. The second-order valence-corrected chi connectivity index (χ2v) is 7.44. The quantitative estimate of drug-likeness (QED) is 0.328. The van der Waals surface area contributed by atoms with Gasteiger partial charge in [-0.05, 0) is 37.0 Å².